The van der Waals surface area contributed by atoms with E-state index in [2.05, 4.69) is 0 Å². The van der Waals surface area contributed by atoms with Crippen LogP contribution in [0.4, 0.5) is 5.69 Å². The third-order valence-electron chi connectivity index (χ3n) is 3.00. The van der Waals surface area contributed by atoms with Gasteiger partial charge in [-0.15, -0.1) is 11.3 Å². The van der Waals surface area contributed by atoms with Gasteiger partial charge in [-0.25, -0.2) is 0 Å². The third-order valence-corrected chi connectivity index (χ3v) is 5.42. The average Bonchev–Trinajstić information content (AvgIpc) is 3.08. The number of methoxy groups -OCH3 is 1. The molecule has 2 aromatic rings. The fraction of sp³-hybridized carbons (Fsp3) is 0.0667. The van der Waals surface area contributed by atoms with Gasteiger partial charge in [0, 0.05) is 4.88 Å². The minimum atomic E-state index is -0.135. The normalized spacial score (nSPS) is 16.6. The lowest BCUT2D eigenvalue weighted by Crippen LogP contribution is -2.27. The van der Waals surface area contributed by atoms with Crippen LogP contribution in [0.25, 0.3) is 6.08 Å². The van der Waals surface area contributed by atoms with Crippen LogP contribution in [-0.2, 0) is 4.79 Å². The van der Waals surface area contributed by atoms with E-state index in [0.717, 1.165) is 4.88 Å². The Morgan fingerprint density at radius 3 is 2.82 bits per heavy atom. The first kappa shape index (κ1) is 15.6. The number of benzene rings is 1. The van der Waals surface area contributed by atoms with Crippen molar-refractivity contribution in [2.24, 2.45) is 0 Å². The highest BCUT2D eigenvalue weighted by atomic mass is 35.5. The number of carbonyl (C=O) groups is 1. The van der Waals surface area contributed by atoms with Crippen LogP contribution < -0.4 is 9.64 Å². The van der Waals surface area contributed by atoms with Crippen LogP contribution in [-0.4, -0.2) is 17.3 Å². The van der Waals surface area contributed by atoms with Gasteiger partial charge in [0.1, 0.15) is 5.75 Å². The Morgan fingerprint density at radius 2 is 2.18 bits per heavy atom. The van der Waals surface area contributed by atoms with E-state index in [-0.39, 0.29) is 5.91 Å². The van der Waals surface area contributed by atoms with Crippen molar-refractivity contribution in [1.82, 2.24) is 0 Å². The quantitative estimate of drug-likeness (QED) is 0.574. The fourth-order valence-corrected chi connectivity index (χ4v) is 4.26. The molecule has 1 fully saturated rings. The summed E-state index contributed by atoms with van der Waals surface area (Å²) in [5.74, 6) is 0.426. The van der Waals surface area contributed by atoms with Crippen molar-refractivity contribution >= 4 is 68.9 Å². The maximum Gasteiger partial charge on any atom is 0.270 e. The van der Waals surface area contributed by atoms with E-state index in [1.54, 1.807) is 36.6 Å². The van der Waals surface area contributed by atoms with Gasteiger partial charge in [-0.1, -0.05) is 41.6 Å². The third kappa shape index (κ3) is 2.92. The maximum atomic E-state index is 12.6. The molecular weight excluding hydrogens is 358 g/mol. The summed E-state index contributed by atoms with van der Waals surface area (Å²) in [5, 5.41) is 2.41. The van der Waals surface area contributed by atoms with E-state index in [0.29, 0.717) is 25.7 Å². The highest BCUT2D eigenvalue weighted by Gasteiger charge is 2.33. The van der Waals surface area contributed by atoms with Gasteiger partial charge in [0.2, 0.25) is 0 Å². The van der Waals surface area contributed by atoms with Crippen molar-refractivity contribution in [2.75, 3.05) is 12.0 Å². The standard InChI is InChI=1S/C15H10ClNO2S3/c1-19-12-5-4-9(7-11(12)16)17-14(18)13(22-15(17)20)8-10-3-2-6-21-10/h2-8H,1H3/b13-8-. The van der Waals surface area contributed by atoms with Crippen molar-refractivity contribution in [1.29, 1.82) is 0 Å². The van der Waals surface area contributed by atoms with E-state index in [1.807, 2.05) is 23.6 Å². The van der Waals surface area contributed by atoms with E-state index in [4.69, 9.17) is 28.6 Å². The Hall–Kier alpha value is -1.34. The predicted molar refractivity (Wildman–Crippen MR) is 98.0 cm³/mol. The molecule has 1 aromatic carbocycles. The molecule has 3 rings (SSSR count). The zero-order valence-corrected chi connectivity index (χ0v) is 14.6. The largest absolute Gasteiger partial charge is 0.495 e. The van der Waals surface area contributed by atoms with E-state index in [1.165, 1.54) is 16.7 Å². The molecule has 112 valence electrons. The number of nitrogens with zero attached hydrogens (tertiary/aromatic N) is 1. The molecule has 0 radical (unpaired) electrons. The molecule has 0 bridgehead atoms. The SMILES string of the molecule is COc1ccc(N2C(=O)/C(=C/c3cccs3)SC2=S)cc1Cl. The lowest BCUT2D eigenvalue weighted by Gasteiger charge is -2.15. The molecule has 0 saturated carbocycles. The monoisotopic (exact) mass is 367 g/mol. The molecule has 22 heavy (non-hydrogen) atoms. The second-order valence-corrected chi connectivity index (χ2v) is 7.41. The Labute approximate surface area is 146 Å². The number of thiocarbonyl (C=S) groups is 1. The van der Waals surface area contributed by atoms with Crippen molar-refractivity contribution < 1.29 is 9.53 Å². The number of ether oxygens (including phenoxy) is 1. The van der Waals surface area contributed by atoms with Crippen LogP contribution in [0.2, 0.25) is 5.02 Å². The van der Waals surface area contributed by atoms with Crippen molar-refractivity contribution in [3.63, 3.8) is 0 Å². The van der Waals surface area contributed by atoms with Gasteiger partial charge in [0.15, 0.2) is 4.32 Å². The smallest absolute Gasteiger partial charge is 0.270 e. The molecule has 2 heterocycles. The zero-order chi connectivity index (χ0) is 15.7. The number of halogens is 1. The summed E-state index contributed by atoms with van der Waals surface area (Å²) >= 11 is 14.3. The molecule has 0 aliphatic carbocycles. The molecule has 0 spiro atoms. The summed E-state index contributed by atoms with van der Waals surface area (Å²) in [6.07, 6.45) is 1.86. The van der Waals surface area contributed by atoms with Crippen LogP contribution in [0.3, 0.4) is 0 Å². The van der Waals surface area contributed by atoms with E-state index < -0.39 is 0 Å². The number of carbonyl (C=O) groups excluding carboxylic acids is 1. The minimum Gasteiger partial charge on any atom is -0.495 e. The first-order valence-corrected chi connectivity index (χ1v) is 8.73. The van der Waals surface area contributed by atoms with Crippen LogP contribution in [0.15, 0.2) is 40.6 Å². The predicted octanol–water partition coefficient (Wildman–Crippen LogP) is 4.82. The summed E-state index contributed by atoms with van der Waals surface area (Å²) in [7, 11) is 1.55. The second-order valence-electron chi connectivity index (χ2n) is 4.35. The van der Waals surface area contributed by atoms with Gasteiger partial charge in [-0.3, -0.25) is 9.69 Å². The molecule has 7 heteroatoms. The van der Waals surface area contributed by atoms with Crippen LogP contribution in [0.1, 0.15) is 4.88 Å². The second kappa shape index (κ2) is 6.42. The number of thiophene rings is 1. The molecule has 1 aliphatic heterocycles. The topological polar surface area (TPSA) is 29.5 Å². The highest BCUT2D eigenvalue weighted by molar-refractivity contribution is 8.27. The molecule has 1 amide bonds. The first-order chi connectivity index (χ1) is 10.6. The van der Waals surface area contributed by atoms with E-state index in [9.17, 15) is 4.79 Å². The number of rotatable bonds is 3. The van der Waals surface area contributed by atoms with Gasteiger partial charge in [-0.05, 0) is 35.7 Å². The van der Waals surface area contributed by atoms with Crippen LogP contribution in [0, 0.1) is 0 Å². The van der Waals surface area contributed by atoms with Crippen molar-refractivity contribution in [3.8, 4) is 5.75 Å². The summed E-state index contributed by atoms with van der Waals surface area (Å²) in [4.78, 5) is 15.7. The Morgan fingerprint density at radius 1 is 1.36 bits per heavy atom. The summed E-state index contributed by atoms with van der Waals surface area (Å²) in [5.41, 5.74) is 0.642. The number of hydrogen-bond donors (Lipinski definition) is 0. The minimum absolute atomic E-state index is 0.135. The van der Waals surface area contributed by atoms with E-state index >= 15 is 0 Å². The molecule has 1 aliphatic rings. The average molecular weight is 368 g/mol. The number of hydrogen-bond acceptors (Lipinski definition) is 5. The van der Waals surface area contributed by atoms with Gasteiger partial charge in [-0.2, -0.15) is 0 Å². The zero-order valence-electron chi connectivity index (χ0n) is 11.4. The summed E-state index contributed by atoms with van der Waals surface area (Å²) in [6, 6.07) is 9.07. The molecule has 0 N–H and O–H groups in total. The fourth-order valence-electron chi connectivity index (χ4n) is 1.99. The van der Waals surface area contributed by atoms with Gasteiger partial charge >= 0.3 is 0 Å². The Bertz CT molecular complexity index is 771. The van der Waals surface area contributed by atoms with Crippen LogP contribution >= 0.6 is 46.9 Å². The molecule has 1 aromatic heterocycles. The molecule has 1 saturated heterocycles. The highest BCUT2D eigenvalue weighted by Crippen LogP contribution is 2.38. The first-order valence-electron chi connectivity index (χ1n) is 6.25. The van der Waals surface area contributed by atoms with Crippen LogP contribution in [0.5, 0.6) is 5.75 Å². The van der Waals surface area contributed by atoms with Crippen molar-refractivity contribution in [2.45, 2.75) is 0 Å². The Balaban J connectivity index is 1.93. The van der Waals surface area contributed by atoms with Gasteiger partial charge < -0.3 is 4.74 Å². The number of anilines is 1. The number of thioether (sulfide) groups is 1. The maximum absolute atomic E-state index is 12.6. The van der Waals surface area contributed by atoms with Gasteiger partial charge in [0.25, 0.3) is 5.91 Å². The summed E-state index contributed by atoms with van der Waals surface area (Å²) < 4.78 is 5.62. The molecule has 3 nitrogen and oxygen atoms in total. The molecule has 0 unspecified atom stereocenters. The Kier molecular flexibility index (Phi) is 4.54. The summed E-state index contributed by atoms with van der Waals surface area (Å²) in [6.45, 7) is 0. The number of amides is 1. The van der Waals surface area contributed by atoms with Gasteiger partial charge in [0.05, 0.1) is 22.7 Å². The molecule has 0 atom stereocenters. The lowest BCUT2D eigenvalue weighted by molar-refractivity contribution is -0.113. The van der Waals surface area contributed by atoms with Crippen molar-refractivity contribution in [3.05, 3.63) is 50.5 Å². The lowest BCUT2D eigenvalue weighted by atomic mass is 10.2. The molecular formula is C15H10ClNO2S3.